The molecule has 0 aliphatic rings. The van der Waals surface area contributed by atoms with E-state index in [1.165, 1.54) is 10.8 Å². The molecule has 0 amide bonds. The summed E-state index contributed by atoms with van der Waals surface area (Å²) in [5.74, 6) is 1.71. The first-order valence-electron chi connectivity index (χ1n) is 8.87. The third-order valence-electron chi connectivity index (χ3n) is 4.05. The Morgan fingerprint density at radius 3 is 2.77 bits per heavy atom. The average Bonchev–Trinajstić information content (AvgIpc) is 3.19. The van der Waals surface area contributed by atoms with E-state index in [1.807, 2.05) is 35.3 Å². The number of aliphatic imine (C=N–C) groups is 1. The van der Waals surface area contributed by atoms with Crippen LogP contribution in [-0.2, 0) is 6.54 Å². The normalized spacial score (nSPS) is 11.5. The van der Waals surface area contributed by atoms with Crippen LogP contribution in [0.15, 0.2) is 66.2 Å². The minimum atomic E-state index is 0.664. The fourth-order valence-electron chi connectivity index (χ4n) is 2.67. The minimum Gasteiger partial charge on any atom is -0.494 e. The molecule has 0 aliphatic heterocycles. The van der Waals surface area contributed by atoms with Gasteiger partial charge in [-0.15, -0.1) is 0 Å². The maximum atomic E-state index is 5.85. The van der Waals surface area contributed by atoms with Crippen molar-refractivity contribution in [1.82, 2.24) is 20.2 Å². The Labute approximate surface area is 153 Å². The SMILES string of the molecule is CN=C(NCCCOc1ccc2ccccc2c1)NCCn1ccnc1. The number of benzene rings is 2. The lowest BCUT2D eigenvalue weighted by molar-refractivity contribution is 0.311. The number of nitrogens with zero attached hydrogens (tertiary/aromatic N) is 3. The Hall–Kier alpha value is -3.02. The van der Waals surface area contributed by atoms with Crippen molar-refractivity contribution in [2.75, 3.05) is 26.7 Å². The summed E-state index contributed by atoms with van der Waals surface area (Å²) in [6, 6.07) is 14.5. The van der Waals surface area contributed by atoms with Crippen LogP contribution in [0.4, 0.5) is 0 Å². The smallest absolute Gasteiger partial charge is 0.191 e. The zero-order valence-electron chi connectivity index (χ0n) is 15.1. The van der Waals surface area contributed by atoms with Crippen molar-refractivity contribution in [2.45, 2.75) is 13.0 Å². The van der Waals surface area contributed by atoms with Crippen molar-refractivity contribution in [1.29, 1.82) is 0 Å². The first kappa shape index (κ1) is 17.8. The summed E-state index contributed by atoms with van der Waals surface area (Å²) in [7, 11) is 1.78. The standard InChI is InChI=1S/C20H25N5O/c1-21-20(24-11-13-25-12-10-22-16-25)23-9-4-14-26-19-8-7-17-5-2-3-6-18(17)15-19/h2-3,5-8,10,12,15-16H,4,9,11,13-14H2,1H3,(H2,21,23,24). The first-order chi connectivity index (χ1) is 12.8. The van der Waals surface area contributed by atoms with Crippen LogP contribution in [0.3, 0.4) is 0 Å². The van der Waals surface area contributed by atoms with Crippen molar-refractivity contribution in [3.05, 3.63) is 61.2 Å². The van der Waals surface area contributed by atoms with Crippen molar-refractivity contribution < 1.29 is 4.74 Å². The molecule has 26 heavy (non-hydrogen) atoms. The van der Waals surface area contributed by atoms with Gasteiger partial charge in [0.15, 0.2) is 5.96 Å². The molecule has 0 spiro atoms. The zero-order chi connectivity index (χ0) is 18.0. The maximum absolute atomic E-state index is 5.85. The molecule has 1 heterocycles. The highest BCUT2D eigenvalue weighted by Crippen LogP contribution is 2.20. The predicted octanol–water partition coefficient (Wildman–Crippen LogP) is 2.67. The van der Waals surface area contributed by atoms with E-state index in [2.05, 4.69) is 44.9 Å². The van der Waals surface area contributed by atoms with Crippen LogP contribution in [0.1, 0.15) is 6.42 Å². The molecule has 3 aromatic rings. The molecule has 6 nitrogen and oxygen atoms in total. The molecule has 0 saturated carbocycles. The molecule has 0 radical (unpaired) electrons. The summed E-state index contributed by atoms with van der Waals surface area (Å²) in [4.78, 5) is 8.25. The molecular weight excluding hydrogens is 326 g/mol. The minimum absolute atomic E-state index is 0.664. The lowest BCUT2D eigenvalue weighted by Crippen LogP contribution is -2.39. The molecule has 0 atom stereocenters. The van der Waals surface area contributed by atoms with E-state index in [0.29, 0.717) is 6.61 Å². The summed E-state index contributed by atoms with van der Waals surface area (Å²) in [5.41, 5.74) is 0. The van der Waals surface area contributed by atoms with Crippen molar-refractivity contribution in [3.63, 3.8) is 0 Å². The second kappa shape index (κ2) is 9.46. The number of rotatable bonds is 8. The predicted molar refractivity (Wildman–Crippen MR) is 106 cm³/mol. The van der Waals surface area contributed by atoms with Gasteiger partial charge in [0.1, 0.15) is 5.75 Å². The van der Waals surface area contributed by atoms with Crippen molar-refractivity contribution in [3.8, 4) is 5.75 Å². The molecule has 0 bridgehead atoms. The number of imidazole rings is 1. The van der Waals surface area contributed by atoms with Crippen molar-refractivity contribution in [2.24, 2.45) is 4.99 Å². The molecule has 6 heteroatoms. The van der Waals surface area contributed by atoms with Gasteiger partial charge in [0, 0.05) is 39.1 Å². The lowest BCUT2D eigenvalue weighted by Gasteiger charge is -2.12. The van der Waals surface area contributed by atoms with Gasteiger partial charge >= 0.3 is 0 Å². The fraction of sp³-hybridized carbons (Fsp3) is 0.300. The van der Waals surface area contributed by atoms with E-state index in [9.17, 15) is 0 Å². The van der Waals surface area contributed by atoms with E-state index in [1.54, 1.807) is 13.2 Å². The van der Waals surface area contributed by atoms with Gasteiger partial charge in [0.2, 0.25) is 0 Å². The topological polar surface area (TPSA) is 63.5 Å². The summed E-state index contributed by atoms with van der Waals surface area (Å²) >= 11 is 0. The van der Waals surface area contributed by atoms with Crippen LogP contribution in [0.5, 0.6) is 5.75 Å². The molecule has 2 aromatic carbocycles. The molecule has 0 aliphatic carbocycles. The molecular formula is C20H25N5O. The van der Waals surface area contributed by atoms with Crippen molar-refractivity contribution >= 4 is 16.7 Å². The second-order valence-electron chi connectivity index (χ2n) is 5.94. The van der Waals surface area contributed by atoms with Gasteiger partial charge in [0.25, 0.3) is 0 Å². The Bertz CT molecular complexity index is 829. The van der Waals surface area contributed by atoms with Gasteiger partial charge in [-0.05, 0) is 29.3 Å². The van der Waals surface area contributed by atoms with E-state index in [4.69, 9.17) is 4.74 Å². The molecule has 0 unspecified atom stereocenters. The molecule has 0 saturated heterocycles. The second-order valence-corrected chi connectivity index (χ2v) is 5.94. The Balaban J connectivity index is 1.33. The number of aromatic nitrogens is 2. The Kier molecular flexibility index (Phi) is 6.47. The highest BCUT2D eigenvalue weighted by molar-refractivity contribution is 5.83. The quantitative estimate of drug-likeness (QED) is 0.372. The van der Waals surface area contributed by atoms with Crippen LogP contribution in [0.2, 0.25) is 0 Å². The van der Waals surface area contributed by atoms with Crippen LogP contribution in [0.25, 0.3) is 10.8 Å². The fourth-order valence-corrected chi connectivity index (χ4v) is 2.67. The zero-order valence-corrected chi connectivity index (χ0v) is 15.1. The Morgan fingerprint density at radius 1 is 1.12 bits per heavy atom. The summed E-state index contributed by atoms with van der Waals surface area (Å²) < 4.78 is 7.87. The number of nitrogens with one attached hydrogen (secondary N) is 2. The molecule has 2 N–H and O–H groups in total. The van der Waals surface area contributed by atoms with Gasteiger partial charge in [0.05, 0.1) is 12.9 Å². The highest BCUT2D eigenvalue weighted by Gasteiger charge is 1.99. The van der Waals surface area contributed by atoms with E-state index in [0.717, 1.165) is 37.8 Å². The largest absolute Gasteiger partial charge is 0.494 e. The van der Waals surface area contributed by atoms with Crippen LogP contribution in [0, 0.1) is 0 Å². The Morgan fingerprint density at radius 2 is 1.96 bits per heavy atom. The monoisotopic (exact) mass is 351 g/mol. The van der Waals surface area contributed by atoms with Crippen LogP contribution in [-0.4, -0.2) is 42.3 Å². The van der Waals surface area contributed by atoms with Gasteiger partial charge in [-0.2, -0.15) is 0 Å². The highest BCUT2D eigenvalue weighted by atomic mass is 16.5. The number of ether oxygens (including phenoxy) is 1. The number of hydrogen-bond acceptors (Lipinski definition) is 3. The summed E-state index contributed by atoms with van der Waals surface area (Å²) in [5, 5.41) is 9.01. The lowest BCUT2D eigenvalue weighted by atomic mass is 10.1. The summed E-state index contributed by atoms with van der Waals surface area (Å²) in [6.45, 7) is 3.12. The number of hydrogen-bond donors (Lipinski definition) is 2. The third kappa shape index (κ3) is 5.24. The van der Waals surface area contributed by atoms with Gasteiger partial charge in [-0.1, -0.05) is 30.3 Å². The average molecular weight is 351 g/mol. The first-order valence-corrected chi connectivity index (χ1v) is 8.87. The maximum Gasteiger partial charge on any atom is 0.191 e. The molecule has 1 aromatic heterocycles. The molecule has 3 rings (SSSR count). The van der Waals surface area contributed by atoms with Crippen LogP contribution < -0.4 is 15.4 Å². The van der Waals surface area contributed by atoms with E-state index in [-0.39, 0.29) is 0 Å². The van der Waals surface area contributed by atoms with Crippen LogP contribution >= 0.6 is 0 Å². The van der Waals surface area contributed by atoms with E-state index >= 15 is 0 Å². The summed E-state index contributed by atoms with van der Waals surface area (Å²) in [6.07, 6.45) is 6.43. The number of guanidine groups is 1. The van der Waals surface area contributed by atoms with Gasteiger partial charge in [-0.25, -0.2) is 4.98 Å². The van der Waals surface area contributed by atoms with E-state index < -0.39 is 0 Å². The third-order valence-corrected chi connectivity index (χ3v) is 4.05. The van der Waals surface area contributed by atoms with Gasteiger partial charge in [-0.3, -0.25) is 4.99 Å². The van der Waals surface area contributed by atoms with Gasteiger partial charge < -0.3 is 19.9 Å². The number of fused-ring (bicyclic) bond motifs is 1. The molecule has 136 valence electrons. The molecule has 0 fully saturated rings.